The van der Waals surface area contributed by atoms with E-state index in [2.05, 4.69) is 30.3 Å². The molecule has 0 spiro atoms. The highest BCUT2D eigenvalue weighted by molar-refractivity contribution is 8.01. The minimum Gasteiger partial charge on any atom is -0.463 e. The SMILES string of the molecule is CCn1nc(C(=O)OC)nc1SCC1=C(OC(=O)O)N2C(=O)[C@@H](NC(=O)/C(=N\OC)c3csc(N)n3)[C@H]2SC1. The van der Waals surface area contributed by atoms with Crippen LogP contribution in [0.5, 0.6) is 0 Å². The number of carbonyl (C=O) groups excluding carboxylic acids is 3. The number of aromatic nitrogens is 4. The monoisotopic (exact) mass is 598 g/mol. The van der Waals surface area contributed by atoms with E-state index in [1.54, 1.807) is 0 Å². The molecule has 4 heterocycles. The number of aryl methyl sites for hydroxylation is 1. The quantitative estimate of drug-likeness (QED) is 0.112. The van der Waals surface area contributed by atoms with Gasteiger partial charge >= 0.3 is 12.1 Å². The molecule has 0 unspecified atom stereocenters. The largest absolute Gasteiger partial charge is 0.512 e. The van der Waals surface area contributed by atoms with Crippen molar-refractivity contribution in [3.05, 3.63) is 28.4 Å². The number of fused-ring (bicyclic) bond motifs is 1. The van der Waals surface area contributed by atoms with E-state index in [0.717, 1.165) is 11.3 Å². The number of esters is 1. The van der Waals surface area contributed by atoms with E-state index in [9.17, 15) is 24.3 Å². The van der Waals surface area contributed by atoms with E-state index >= 15 is 0 Å². The van der Waals surface area contributed by atoms with Gasteiger partial charge in [-0.25, -0.2) is 19.3 Å². The van der Waals surface area contributed by atoms with E-state index in [0.29, 0.717) is 23.0 Å². The first kappa shape index (κ1) is 28.2. The molecular weight excluding hydrogens is 576 g/mol. The van der Waals surface area contributed by atoms with Gasteiger partial charge in [0.1, 0.15) is 24.2 Å². The average Bonchev–Trinajstić information content (AvgIpc) is 3.54. The molecule has 208 valence electrons. The van der Waals surface area contributed by atoms with Gasteiger partial charge in [0.2, 0.25) is 5.88 Å². The lowest BCUT2D eigenvalue weighted by atomic mass is 10.1. The van der Waals surface area contributed by atoms with Gasteiger partial charge in [0.25, 0.3) is 17.6 Å². The van der Waals surface area contributed by atoms with Crippen molar-refractivity contribution in [1.29, 1.82) is 0 Å². The number of nitrogens with zero attached hydrogens (tertiary/aromatic N) is 6. The molecule has 4 N–H and O–H groups in total. The summed E-state index contributed by atoms with van der Waals surface area (Å²) in [5, 5.41) is 21.3. The molecule has 4 rings (SSSR count). The van der Waals surface area contributed by atoms with E-state index in [-0.39, 0.29) is 34.0 Å². The number of nitrogens with two attached hydrogens (primary N) is 1. The lowest BCUT2D eigenvalue weighted by Crippen LogP contribution is -2.70. The van der Waals surface area contributed by atoms with Crippen molar-refractivity contribution in [3.8, 4) is 0 Å². The van der Waals surface area contributed by atoms with Crippen molar-refractivity contribution >= 4 is 69.6 Å². The van der Waals surface area contributed by atoms with Crippen LogP contribution in [-0.4, -0.2) is 96.5 Å². The topological polar surface area (TPSA) is 213 Å². The highest BCUT2D eigenvalue weighted by Gasteiger charge is 2.54. The number of thiazole rings is 1. The summed E-state index contributed by atoms with van der Waals surface area (Å²) in [5.74, 6) is -1.73. The maximum absolute atomic E-state index is 13.1. The molecule has 2 aliphatic rings. The number of hydrogen-bond donors (Lipinski definition) is 3. The molecule has 1 saturated heterocycles. The van der Waals surface area contributed by atoms with Crippen LogP contribution < -0.4 is 11.1 Å². The van der Waals surface area contributed by atoms with Gasteiger partial charge < -0.3 is 30.5 Å². The van der Waals surface area contributed by atoms with Crippen LogP contribution in [0.2, 0.25) is 0 Å². The molecule has 2 aromatic heterocycles. The Morgan fingerprint density at radius 2 is 2.10 bits per heavy atom. The molecular formula is C20H22N8O8S3. The van der Waals surface area contributed by atoms with Gasteiger partial charge in [0.05, 0.1) is 7.11 Å². The van der Waals surface area contributed by atoms with Crippen molar-refractivity contribution in [3.63, 3.8) is 0 Å². The molecule has 0 aliphatic carbocycles. The zero-order valence-electron chi connectivity index (χ0n) is 20.6. The fourth-order valence-electron chi connectivity index (χ4n) is 3.58. The van der Waals surface area contributed by atoms with E-state index < -0.39 is 35.4 Å². The van der Waals surface area contributed by atoms with Crippen LogP contribution in [0.25, 0.3) is 0 Å². The number of amides is 2. The van der Waals surface area contributed by atoms with Gasteiger partial charge in [-0.15, -0.1) is 28.2 Å². The van der Waals surface area contributed by atoms with E-state index in [4.69, 9.17) is 15.3 Å². The number of oxime groups is 1. The van der Waals surface area contributed by atoms with Crippen molar-refractivity contribution in [2.45, 2.75) is 30.0 Å². The zero-order chi connectivity index (χ0) is 28.3. The summed E-state index contributed by atoms with van der Waals surface area (Å²) in [6.45, 7) is 2.24. The van der Waals surface area contributed by atoms with Crippen LogP contribution in [0.4, 0.5) is 9.93 Å². The standard InChI is InChI=1S/C20H22N8O8S3/c1-4-27-19(24-12(25-27)17(31)34-2)39-6-8-5-37-16-11(14(30)28(16)15(8)36-20(32)33)23-13(29)10(26-35-3)9-7-38-18(21)22-9/h7,11,16H,4-6H2,1-3H3,(H2,21,22)(H,23,29)(H,32,33)/b26-10-/t11-,16-/m1/s1. The van der Waals surface area contributed by atoms with Crippen LogP contribution in [0, 0.1) is 0 Å². The number of hydrogen-bond acceptors (Lipinski definition) is 15. The number of carboxylic acid groups (broad SMARTS) is 1. The number of ether oxygens (including phenoxy) is 2. The Morgan fingerprint density at radius 3 is 2.72 bits per heavy atom. The summed E-state index contributed by atoms with van der Waals surface area (Å²) >= 11 is 3.61. The molecule has 19 heteroatoms. The van der Waals surface area contributed by atoms with Crippen LogP contribution in [-0.2, 0) is 30.4 Å². The summed E-state index contributed by atoms with van der Waals surface area (Å²) in [4.78, 5) is 63.4. The summed E-state index contributed by atoms with van der Waals surface area (Å²) in [6, 6.07) is -0.979. The van der Waals surface area contributed by atoms with Crippen molar-refractivity contribution in [1.82, 2.24) is 30.0 Å². The molecule has 2 aromatic rings. The number of anilines is 1. The van der Waals surface area contributed by atoms with Gasteiger partial charge in [-0.3, -0.25) is 14.5 Å². The Bertz CT molecular complexity index is 1370. The number of rotatable bonds is 10. The first-order chi connectivity index (χ1) is 18.7. The van der Waals surface area contributed by atoms with Crippen molar-refractivity contribution in [2.75, 3.05) is 31.5 Å². The normalized spacial score (nSPS) is 18.8. The lowest BCUT2D eigenvalue weighted by Gasteiger charge is -2.49. The number of carbonyl (C=O) groups is 4. The van der Waals surface area contributed by atoms with Crippen LogP contribution in [0.3, 0.4) is 0 Å². The summed E-state index contributed by atoms with van der Waals surface area (Å²) in [6.07, 6.45) is -1.60. The van der Waals surface area contributed by atoms with E-state index in [1.165, 1.54) is 52.7 Å². The first-order valence-electron chi connectivity index (χ1n) is 11.0. The third-order valence-corrected chi connectivity index (χ3v) is 8.37. The second-order valence-electron chi connectivity index (χ2n) is 7.65. The van der Waals surface area contributed by atoms with Gasteiger partial charge in [-0.2, -0.15) is 4.98 Å². The Hall–Kier alpha value is -3.84. The Kier molecular flexibility index (Phi) is 8.60. The second-order valence-corrected chi connectivity index (χ2v) is 10.6. The van der Waals surface area contributed by atoms with E-state index in [1.807, 2.05) is 6.92 Å². The first-order valence-corrected chi connectivity index (χ1v) is 14.0. The van der Waals surface area contributed by atoms with Gasteiger partial charge in [-0.05, 0) is 6.92 Å². The molecule has 2 aliphatic heterocycles. The number of nitrogen functional groups attached to an aromatic ring is 1. The molecule has 0 saturated carbocycles. The lowest BCUT2D eigenvalue weighted by molar-refractivity contribution is -0.148. The third kappa shape index (κ3) is 5.78. The summed E-state index contributed by atoms with van der Waals surface area (Å²) < 4.78 is 11.2. The Morgan fingerprint density at radius 1 is 1.33 bits per heavy atom. The molecule has 2 atom stereocenters. The number of thioether (sulfide) groups is 2. The van der Waals surface area contributed by atoms with Crippen molar-refractivity contribution in [2.24, 2.45) is 5.16 Å². The summed E-state index contributed by atoms with van der Waals surface area (Å²) in [7, 11) is 2.48. The molecule has 16 nitrogen and oxygen atoms in total. The van der Waals surface area contributed by atoms with Gasteiger partial charge in [-0.1, -0.05) is 16.9 Å². The zero-order valence-corrected chi connectivity index (χ0v) is 23.1. The minimum atomic E-state index is -1.60. The maximum atomic E-state index is 13.1. The molecule has 39 heavy (non-hydrogen) atoms. The molecule has 0 bridgehead atoms. The Labute approximate surface area is 232 Å². The fourth-order valence-corrected chi connectivity index (χ4v) is 6.58. The van der Waals surface area contributed by atoms with Gasteiger partial charge in [0, 0.05) is 29.0 Å². The minimum absolute atomic E-state index is 0.107. The number of methoxy groups -OCH3 is 1. The van der Waals surface area contributed by atoms with Crippen LogP contribution >= 0.6 is 34.9 Å². The van der Waals surface area contributed by atoms with Crippen LogP contribution in [0.15, 0.2) is 27.1 Å². The van der Waals surface area contributed by atoms with Crippen LogP contribution in [0.1, 0.15) is 23.2 Å². The number of nitrogens with one attached hydrogen (secondary N) is 1. The second kappa shape index (κ2) is 11.9. The highest BCUT2D eigenvalue weighted by Crippen LogP contribution is 2.42. The Balaban J connectivity index is 1.51. The fraction of sp³-hybridized carbons (Fsp3) is 0.400. The maximum Gasteiger partial charge on any atom is 0.512 e. The van der Waals surface area contributed by atoms with Crippen molar-refractivity contribution < 1.29 is 38.6 Å². The third-order valence-electron chi connectivity index (χ3n) is 5.31. The molecule has 0 aromatic carbocycles. The predicted octanol–water partition coefficient (Wildman–Crippen LogP) is 0.572. The predicted molar refractivity (Wildman–Crippen MR) is 139 cm³/mol. The highest BCUT2D eigenvalue weighted by atomic mass is 32.2. The molecule has 1 fully saturated rings. The molecule has 2 amide bonds. The van der Waals surface area contributed by atoms with Gasteiger partial charge in [0.15, 0.2) is 16.0 Å². The average molecular weight is 599 g/mol. The molecule has 0 radical (unpaired) electrons. The smallest absolute Gasteiger partial charge is 0.463 e. The number of β-lactam (4-membered cyclic amide) rings is 1. The summed E-state index contributed by atoms with van der Waals surface area (Å²) in [5.41, 5.74) is 6.17.